The van der Waals surface area contributed by atoms with Crippen LogP contribution < -0.4 is 21.3 Å². The maximum absolute atomic E-state index is 14.5. The summed E-state index contributed by atoms with van der Waals surface area (Å²) >= 11 is 1.65. The highest BCUT2D eigenvalue weighted by Crippen LogP contribution is 2.37. The molecule has 57 heavy (non-hydrogen) atoms. The highest BCUT2D eigenvalue weighted by atomic mass is 32.2. The molecule has 3 unspecified atom stereocenters. The van der Waals surface area contributed by atoms with E-state index in [4.69, 9.17) is 9.47 Å². The van der Waals surface area contributed by atoms with Gasteiger partial charge < -0.3 is 35.6 Å². The van der Waals surface area contributed by atoms with Crippen LogP contribution in [0.15, 0.2) is 30.3 Å². The average Bonchev–Trinajstić information content (AvgIpc) is 3.55. The fourth-order valence-corrected chi connectivity index (χ4v) is 8.55. The van der Waals surface area contributed by atoms with Gasteiger partial charge in [0, 0.05) is 16.5 Å². The van der Waals surface area contributed by atoms with Gasteiger partial charge in [0.15, 0.2) is 6.04 Å². The fourth-order valence-electron chi connectivity index (χ4n) is 7.04. The number of hydrogen-bond donors (Lipinski definition) is 4. The van der Waals surface area contributed by atoms with Gasteiger partial charge in [0.05, 0.1) is 19.2 Å². The van der Waals surface area contributed by atoms with Crippen LogP contribution in [-0.4, -0.2) is 99.8 Å². The Morgan fingerprint density at radius 2 is 1.54 bits per heavy atom. The molecular formula is C42H65N5O9S. The molecule has 1 aromatic rings. The number of carbonyl (C=O) groups excluding carboxylic acids is 7. The number of carbonyl (C=O) groups is 7. The minimum Gasteiger partial charge on any atom is -0.458 e. The maximum atomic E-state index is 14.5. The third-order valence-corrected chi connectivity index (χ3v) is 10.9. The first-order valence-electron chi connectivity index (χ1n) is 20.3. The van der Waals surface area contributed by atoms with Crippen LogP contribution >= 0.6 is 11.8 Å². The van der Waals surface area contributed by atoms with Crippen LogP contribution in [0.3, 0.4) is 0 Å². The summed E-state index contributed by atoms with van der Waals surface area (Å²) in [7, 11) is 0. The molecule has 0 bridgehead atoms. The molecule has 0 radical (unpaired) electrons. The van der Waals surface area contributed by atoms with E-state index < -0.39 is 71.9 Å². The van der Waals surface area contributed by atoms with Gasteiger partial charge in [0.2, 0.25) is 23.5 Å². The quantitative estimate of drug-likeness (QED) is 0.123. The molecule has 5 amide bonds. The molecule has 318 valence electrons. The molecular weight excluding hydrogens is 751 g/mol. The maximum Gasteiger partial charge on any atom is 0.407 e. The van der Waals surface area contributed by atoms with Crippen LogP contribution in [-0.2, 0) is 38.2 Å². The Kier molecular flexibility index (Phi) is 17.9. The molecule has 1 aliphatic heterocycles. The molecule has 1 heterocycles. The summed E-state index contributed by atoms with van der Waals surface area (Å²) < 4.78 is 10.7. The lowest BCUT2D eigenvalue weighted by Gasteiger charge is -2.34. The van der Waals surface area contributed by atoms with Crippen LogP contribution in [0.5, 0.6) is 0 Å². The molecule has 0 spiro atoms. The van der Waals surface area contributed by atoms with Gasteiger partial charge in [-0.15, -0.1) is 0 Å². The lowest BCUT2D eigenvalue weighted by Crippen LogP contribution is -2.58. The first-order valence-corrected chi connectivity index (χ1v) is 21.2. The zero-order valence-corrected chi connectivity index (χ0v) is 36.1. The van der Waals surface area contributed by atoms with E-state index in [-0.39, 0.29) is 47.3 Å². The van der Waals surface area contributed by atoms with E-state index >= 15 is 0 Å². The molecule has 14 nitrogen and oxygen atoms in total. The standard InChI is InChI=1S/C42H65N5O9S/c1-10-17-30(35(49)37(51)43-23-32(48)45-34(28-20-15-12-16-21-28)39(53)56-41(4,5)6)44-36(50)31-22-29(57-42(7,8)9)24-47(31)38(52)33(27-18-13-11-14-19-27)46-40(54)55-25-26(2)3/h12,15-16,20-21,26-27,29-31,33-34H,10-11,13-14,17-19,22-25H2,1-9H3,(H,43,51)(H,44,50)(H,45,48)(H,46,54)/t29-,30?,31?,33+,34?/m1/s1. The van der Waals surface area contributed by atoms with Crippen molar-refractivity contribution < 1.29 is 43.0 Å². The van der Waals surface area contributed by atoms with Crippen molar-refractivity contribution in [1.29, 1.82) is 0 Å². The molecule has 1 saturated carbocycles. The van der Waals surface area contributed by atoms with E-state index in [0.717, 1.165) is 32.1 Å². The number of hydrogen-bond acceptors (Lipinski definition) is 10. The molecule has 2 fully saturated rings. The summed E-state index contributed by atoms with van der Waals surface area (Å²) in [6, 6.07) is 4.27. The first kappa shape index (κ1) is 47.2. The highest BCUT2D eigenvalue weighted by Gasteiger charge is 2.46. The average molecular weight is 816 g/mol. The van der Waals surface area contributed by atoms with E-state index in [1.165, 1.54) is 4.90 Å². The minimum absolute atomic E-state index is 0.105. The van der Waals surface area contributed by atoms with Crippen LogP contribution in [0.25, 0.3) is 0 Å². The largest absolute Gasteiger partial charge is 0.458 e. The third kappa shape index (κ3) is 15.6. The number of amides is 5. The number of Topliss-reactive ketones (excluding diaryl/α,β-unsaturated/α-hetero) is 1. The van der Waals surface area contributed by atoms with Crippen molar-refractivity contribution in [1.82, 2.24) is 26.2 Å². The Morgan fingerprint density at radius 1 is 0.895 bits per heavy atom. The highest BCUT2D eigenvalue weighted by molar-refractivity contribution is 8.01. The zero-order chi connectivity index (χ0) is 42.5. The summed E-state index contributed by atoms with van der Waals surface area (Å²) in [5.74, 6) is -4.43. The third-order valence-electron chi connectivity index (χ3n) is 9.50. The van der Waals surface area contributed by atoms with Gasteiger partial charge in [0.1, 0.15) is 17.7 Å². The number of ether oxygens (including phenoxy) is 2. The van der Waals surface area contributed by atoms with Crippen molar-refractivity contribution in [2.24, 2.45) is 11.8 Å². The van der Waals surface area contributed by atoms with Gasteiger partial charge in [0.25, 0.3) is 5.91 Å². The molecule has 1 saturated heterocycles. The predicted octanol–water partition coefficient (Wildman–Crippen LogP) is 4.99. The number of nitrogens with zero attached hydrogens (tertiary/aromatic N) is 1. The topological polar surface area (TPSA) is 189 Å². The monoisotopic (exact) mass is 815 g/mol. The van der Waals surface area contributed by atoms with Gasteiger partial charge in [-0.25, -0.2) is 9.59 Å². The number of benzene rings is 1. The summed E-state index contributed by atoms with van der Waals surface area (Å²) in [5, 5.41) is 10.4. The van der Waals surface area contributed by atoms with Crippen molar-refractivity contribution in [2.45, 2.75) is 153 Å². The van der Waals surface area contributed by atoms with Crippen LogP contribution in [0.1, 0.15) is 125 Å². The van der Waals surface area contributed by atoms with Gasteiger partial charge in [-0.1, -0.05) is 97.6 Å². The van der Waals surface area contributed by atoms with Crippen LogP contribution in [0.4, 0.5) is 4.79 Å². The lowest BCUT2D eigenvalue weighted by molar-refractivity contribution is -0.158. The molecule has 0 aromatic heterocycles. The summed E-state index contributed by atoms with van der Waals surface area (Å²) in [6.07, 6.45) is 4.60. The van der Waals surface area contributed by atoms with Gasteiger partial charge in [-0.3, -0.25) is 24.0 Å². The second-order valence-electron chi connectivity index (χ2n) is 17.4. The molecule has 3 rings (SSSR count). The minimum atomic E-state index is -1.23. The first-order chi connectivity index (χ1) is 26.7. The van der Waals surface area contributed by atoms with Crippen molar-refractivity contribution in [3.63, 3.8) is 0 Å². The summed E-state index contributed by atoms with van der Waals surface area (Å²) in [4.78, 5) is 95.8. The predicted molar refractivity (Wildman–Crippen MR) is 219 cm³/mol. The van der Waals surface area contributed by atoms with Crippen molar-refractivity contribution in [2.75, 3.05) is 19.7 Å². The number of esters is 1. The Labute approximate surface area is 342 Å². The van der Waals surface area contributed by atoms with E-state index in [2.05, 4.69) is 42.0 Å². The van der Waals surface area contributed by atoms with Gasteiger partial charge >= 0.3 is 12.1 Å². The fraction of sp³-hybridized carbons (Fsp3) is 0.690. The Hall–Kier alpha value is -4.14. The van der Waals surface area contributed by atoms with Crippen molar-refractivity contribution in [3.8, 4) is 0 Å². The molecule has 5 atom stereocenters. The molecule has 15 heteroatoms. The van der Waals surface area contributed by atoms with Crippen LogP contribution in [0, 0.1) is 11.8 Å². The van der Waals surface area contributed by atoms with E-state index in [1.54, 1.807) is 69.8 Å². The zero-order valence-electron chi connectivity index (χ0n) is 35.2. The van der Waals surface area contributed by atoms with Crippen molar-refractivity contribution in [3.05, 3.63) is 35.9 Å². The van der Waals surface area contributed by atoms with E-state index in [1.807, 2.05) is 13.8 Å². The molecule has 4 N–H and O–H groups in total. The molecule has 2 aliphatic rings. The smallest absolute Gasteiger partial charge is 0.407 e. The van der Waals surface area contributed by atoms with E-state index in [9.17, 15) is 33.6 Å². The van der Waals surface area contributed by atoms with Crippen molar-refractivity contribution >= 4 is 53.2 Å². The summed E-state index contributed by atoms with van der Waals surface area (Å²) in [6.45, 7) is 16.8. The van der Waals surface area contributed by atoms with Crippen LogP contribution in [0.2, 0.25) is 0 Å². The Balaban J connectivity index is 1.76. The number of rotatable bonds is 17. The van der Waals surface area contributed by atoms with E-state index in [0.29, 0.717) is 18.4 Å². The molecule has 1 aromatic carbocycles. The number of likely N-dealkylation sites (tertiary alicyclic amines) is 1. The Morgan fingerprint density at radius 3 is 2.12 bits per heavy atom. The number of nitrogens with one attached hydrogen (secondary N) is 4. The normalized spacial score (nSPS) is 19.2. The summed E-state index contributed by atoms with van der Waals surface area (Å²) in [5.41, 5.74) is -0.346. The second kappa shape index (κ2) is 21.6. The molecule has 1 aliphatic carbocycles. The van der Waals surface area contributed by atoms with Gasteiger partial charge in [-0.05, 0) is 63.9 Å². The number of thioether (sulfide) groups is 1. The number of ketones is 1. The number of alkyl carbamates (subject to hydrolysis) is 1. The lowest BCUT2D eigenvalue weighted by atomic mass is 9.83. The Bertz CT molecular complexity index is 1550. The second-order valence-corrected chi connectivity index (χ2v) is 19.6. The van der Waals surface area contributed by atoms with Gasteiger partial charge in [-0.2, -0.15) is 11.8 Å². The SMILES string of the molecule is CCCC(NC(=O)C1C[C@@H](SC(C)(C)C)CN1C(=O)[C@@H](NC(=O)OCC(C)C)C1CCCCC1)C(=O)C(=O)NCC(=O)NC(C(=O)OC(C)(C)C)c1ccccc1.